The number of carbonyl (C=O) groups excluding carboxylic acids is 2. The maximum absolute atomic E-state index is 11.6. The van der Waals surface area contributed by atoms with Gasteiger partial charge in [-0.15, -0.1) is 0 Å². The molecule has 104 valence electrons. The normalized spacial score (nSPS) is 11.7. The van der Waals surface area contributed by atoms with Crippen molar-refractivity contribution in [1.29, 1.82) is 0 Å². The standard InChI is InChI=1S/C15H20O4/c1-4-11(2)15(17)10-19-14-7-5-13(6-8-14)18-9-12(3)16/h5-8,11H,4,9-10H2,1-3H3. The molecule has 19 heavy (non-hydrogen) atoms. The van der Waals surface area contributed by atoms with Crippen molar-refractivity contribution >= 4 is 11.6 Å². The first-order valence-corrected chi connectivity index (χ1v) is 6.40. The van der Waals surface area contributed by atoms with Gasteiger partial charge in [-0.2, -0.15) is 0 Å². The third kappa shape index (κ3) is 5.55. The number of benzene rings is 1. The molecule has 0 N–H and O–H groups in total. The Bertz CT molecular complexity index is 422. The summed E-state index contributed by atoms with van der Waals surface area (Å²) in [5.41, 5.74) is 0. The van der Waals surface area contributed by atoms with Crippen LogP contribution in [0.2, 0.25) is 0 Å². The zero-order valence-corrected chi connectivity index (χ0v) is 11.6. The molecule has 0 aromatic heterocycles. The Morgan fingerprint density at radius 2 is 1.53 bits per heavy atom. The maximum atomic E-state index is 11.6. The molecule has 0 saturated heterocycles. The van der Waals surface area contributed by atoms with Crippen molar-refractivity contribution < 1.29 is 19.1 Å². The second-order valence-electron chi connectivity index (χ2n) is 4.53. The first kappa shape index (κ1) is 15.2. The molecule has 0 amide bonds. The number of hydrogen-bond donors (Lipinski definition) is 0. The molecular formula is C15H20O4. The maximum Gasteiger partial charge on any atom is 0.172 e. The predicted molar refractivity (Wildman–Crippen MR) is 72.6 cm³/mol. The fourth-order valence-electron chi connectivity index (χ4n) is 1.34. The minimum atomic E-state index is -0.0283. The van der Waals surface area contributed by atoms with Gasteiger partial charge in [0.15, 0.2) is 11.6 Å². The molecule has 0 fully saturated rings. The van der Waals surface area contributed by atoms with Crippen LogP contribution in [0.3, 0.4) is 0 Å². The Hall–Kier alpha value is -1.84. The lowest BCUT2D eigenvalue weighted by atomic mass is 10.1. The van der Waals surface area contributed by atoms with Gasteiger partial charge in [-0.25, -0.2) is 0 Å². The van der Waals surface area contributed by atoms with E-state index in [0.717, 1.165) is 6.42 Å². The molecule has 4 heteroatoms. The van der Waals surface area contributed by atoms with Gasteiger partial charge in [0, 0.05) is 5.92 Å². The topological polar surface area (TPSA) is 52.6 Å². The molecule has 0 bridgehead atoms. The number of ketones is 2. The van der Waals surface area contributed by atoms with E-state index < -0.39 is 0 Å². The molecular weight excluding hydrogens is 244 g/mol. The Morgan fingerprint density at radius 1 is 1.05 bits per heavy atom. The van der Waals surface area contributed by atoms with Crippen LogP contribution in [-0.2, 0) is 9.59 Å². The summed E-state index contributed by atoms with van der Waals surface area (Å²) in [7, 11) is 0. The van der Waals surface area contributed by atoms with E-state index >= 15 is 0 Å². The summed E-state index contributed by atoms with van der Waals surface area (Å²) < 4.78 is 10.6. The van der Waals surface area contributed by atoms with Crippen LogP contribution in [0.25, 0.3) is 0 Å². The van der Waals surface area contributed by atoms with Gasteiger partial charge in [0.1, 0.15) is 24.7 Å². The first-order chi connectivity index (χ1) is 9.02. The summed E-state index contributed by atoms with van der Waals surface area (Å²) in [4.78, 5) is 22.4. The lowest BCUT2D eigenvalue weighted by molar-refractivity contribution is -0.124. The van der Waals surface area contributed by atoms with E-state index in [2.05, 4.69) is 0 Å². The molecule has 0 aliphatic rings. The van der Waals surface area contributed by atoms with Crippen molar-refractivity contribution in [2.75, 3.05) is 13.2 Å². The highest BCUT2D eigenvalue weighted by Gasteiger charge is 2.11. The van der Waals surface area contributed by atoms with E-state index in [0.29, 0.717) is 11.5 Å². The smallest absolute Gasteiger partial charge is 0.172 e. The van der Waals surface area contributed by atoms with Crippen molar-refractivity contribution in [3.8, 4) is 11.5 Å². The van der Waals surface area contributed by atoms with Crippen LogP contribution in [0.1, 0.15) is 27.2 Å². The van der Waals surface area contributed by atoms with Gasteiger partial charge in [0.25, 0.3) is 0 Å². The van der Waals surface area contributed by atoms with Crippen LogP contribution in [0, 0.1) is 5.92 Å². The van der Waals surface area contributed by atoms with Crippen LogP contribution < -0.4 is 9.47 Å². The van der Waals surface area contributed by atoms with Crippen LogP contribution in [0.5, 0.6) is 11.5 Å². The molecule has 0 aliphatic heterocycles. The van der Waals surface area contributed by atoms with E-state index in [1.54, 1.807) is 24.3 Å². The zero-order valence-electron chi connectivity index (χ0n) is 11.6. The number of hydrogen-bond acceptors (Lipinski definition) is 4. The van der Waals surface area contributed by atoms with Gasteiger partial charge in [-0.1, -0.05) is 13.8 Å². The molecule has 0 aliphatic carbocycles. The lowest BCUT2D eigenvalue weighted by Gasteiger charge is -2.10. The summed E-state index contributed by atoms with van der Waals surface area (Å²) in [6, 6.07) is 6.87. The van der Waals surface area contributed by atoms with E-state index in [1.807, 2.05) is 13.8 Å². The Labute approximate surface area is 113 Å². The summed E-state index contributed by atoms with van der Waals surface area (Å²) in [5.74, 6) is 1.32. The van der Waals surface area contributed by atoms with E-state index in [4.69, 9.17) is 9.47 Å². The summed E-state index contributed by atoms with van der Waals surface area (Å²) in [5, 5.41) is 0. The van der Waals surface area contributed by atoms with Gasteiger partial charge < -0.3 is 9.47 Å². The van der Waals surface area contributed by atoms with Crippen molar-refractivity contribution in [2.45, 2.75) is 27.2 Å². The van der Waals surface area contributed by atoms with E-state index in [-0.39, 0.29) is 30.7 Å². The molecule has 1 aromatic carbocycles. The molecule has 4 nitrogen and oxygen atoms in total. The molecule has 1 rings (SSSR count). The number of ether oxygens (including phenoxy) is 2. The molecule has 1 atom stereocenters. The first-order valence-electron chi connectivity index (χ1n) is 6.40. The van der Waals surface area contributed by atoms with Gasteiger partial charge in [0.2, 0.25) is 0 Å². The summed E-state index contributed by atoms with van der Waals surface area (Å²) >= 11 is 0. The van der Waals surface area contributed by atoms with Crippen LogP contribution >= 0.6 is 0 Å². The average Bonchev–Trinajstić information content (AvgIpc) is 2.42. The van der Waals surface area contributed by atoms with Crippen molar-refractivity contribution in [3.63, 3.8) is 0 Å². The second kappa shape index (κ2) is 7.56. The van der Waals surface area contributed by atoms with E-state index in [9.17, 15) is 9.59 Å². The second-order valence-corrected chi connectivity index (χ2v) is 4.53. The quantitative estimate of drug-likeness (QED) is 0.724. The van der Waals surface area contributed by atoms with Crippen molar-refractivity contribution in [3.05, 3.63) is 24.3 Å². The van der Waals surface area contributed by atoms with Gasteiger partial charge >= 0.3 is 0 Å². The molecule has 1 unspecified atom stereocenters. The van der Waals surface area contributed by atoms with Crippen LogP contribution in [0.15, 0.2) is 24.3 Å². The molecule has 1 aromatic rings. The summed E-state index contributed by atoms with van der Waals surface area (Å²) in [6.07, 6.45) is 0.819. The number of Topliss-reactive ketones (excluding diaryl/α,β-unsaturated/α-hetero) is 2. The van der Waals surface area contributed by atoms with Crippen molar-refractivity contribution in [2.24, 2.45) is 5.92 Å². The van der Waals surface area contributed by atoms with Gasteiger partial charge in [-0.3, -0.25) is 9.59 Å². The highest BCUT2D eigenvalue weighted by molar-refractivity contribution is 5.82. The van der Waals surface area contributed by atoms with Crippen molar-refractivity contribution in [1.82, 2.24) is 0 Å². The number of carbonyl (C=O) groups is 2. The Balaban J connectivity index is 2.44. The third-order valence-corrected chi connectivity index (χ3v) is 2.81. The third-order valence-electron chi connectivity index (χ3n) is 2.81. The Kier molecular flexibility index (Phi) is 6.06. The number of rotatable bonds is 8. The minimum Gasteiger partial charge on any atom is -0.486 e. The monoisotopic (exact) mass is 264 g/mol. The largest absolute Gasteiger partial charge is 0.486 e. The SMILES string of the molecule is CCC(C)C(=O)COc1ccc(OCC(C)=O)cc1. The van der Waals surface area contributed by atoms with E-state index in [1.165, 1.54) is 6.92 Å². The molecule has 0 saturated carbocycles. The van der Waals surface area contributed by atoms with Crippen LogP contribution in [0.4, 0.5) is 0 Å². The van der Waals surface area contributed by atoms with Gasteiger partial charge in [-0.05, 0) is 37.6 Å². The highest BCUT2D eigenvalue weighted by Crippen LogP contribution is 2.18. The highest BCUT2D eigenvalue weighted by atomic mass is 16.5. The van der Waals surface area contributed by atoms with Crippen LogP contribution in [-0.4, -0.2) is 24.8 Å². The molecule has 0 heterocycles. The lowest BCUT2D eigenvalue weighted by Crippen LogP contribution is -2.18. The minimum absolute atomic E-state index is 0.0261. The fraction of sp³-hybridized carbons (Fsp3) is 0.467. The molecule has 0 radical (unpaired) electrons. The predicted octanol–water partition coefficient (Wildman–Crippen LogP) is 2.65. The molecule has 0 spiro atoms. The summed E-state index contributed by atoms with van der Waals surface area (Å²) in [6.45, 7) is 5.49. The average molecular weight is 264 g/mol. The Morgan fingerprint density at radius 3 is 1.95 bits per heavy atom. The van der Waals surface area contributed by atoms with Gasteiger partial charge in [0.05, 0.1) is 0 Å². The zero-order chi connectivity index (χ0) is 14.3. The fourth-order valence-corrected chi connectivity index (χ4v) is 1.34.